The quantitative estimate of drug-likeness (QED) is 0.488. The smallest absolute Gasteiger partial charge is 0.321 e. The van der Waals surface area contributed by atoms with Gasteiger partial charge in [0, 0.05) is 0 Å². The molecule has 0 saturated heterocycles. The third-order valence-corrected chi connectivity index (χ3v) is 4.70. The molecule has 0 atom stereocenters. The molecule has 2 rings (SSSR count). The molecule has 0 amide bonds. The number of hydrogen-bond acceptors (Lipinski definition) is 6. The van der Waals surface area contributed by atoms with Crippen molar-refractivity contribution in [2.75, 3.05) is 26.4 Å². The number of esters is 1. The molecule has 0 saturated carbocycles. The fraction of sp³-hybridized carbons (Fsp3) is 0.278. The van der Waals surface area contributed by atoms with Gasteiger partial charge in [0.2, 0.25) is 10.0 Å². The van der Waals surface area contributed by atoms with E-state index in [1.807, 2.05) is 6.92 Å². The van der Waals surface area contributed by atoms with Crippen LogP contribution in [0.1, 0.15) is 6.92 Å². The first-order chi connectivity index (χ1) is 12.9. The lowest BCUT2D eigenvalue weighted by Crippen LogP contribution is -2.31. The van der Waals surface area contributed by atoms with Crippen molar-refractivity contribution >= 4 is 16.0 Å². The topological polar surface area (TPSA) is 90.9 Å². The van der Waals surface area contributed by atoms with E-state index in [2.05, 4.69) is 4.72 Å². The van der Waals surface area contributed by atoms with E-state index in [1.54, 1.807) is 0 Å². The highest BCUT2D eigenvalue weighted by Crippen LogP contribution is 2.15. The van der Waals surface area contributed by atoms with Gasteiger partial charge >= 0.3 is 5.97 Å². The molecule has 2 aromatic rings. The van der Waals surface area contributed by atoms with E-state index in [0.717, 1.165) is 0 Å². The minimum atomic E-state index is -3.84. The molecule has 0 bridgehead atoms. The number of rotatable bonds is 10. The van der Waals surface area contributed by atoms with Crippen LogP contribution in [0.4, 0.5) is 4.39 Å². The number of nitrogens with one attached hydrogen (secondary N) is 1. The molecule has 0 fully saturated rings. The summed E-state index contributed by atoms with van der Waals surface area (Å²) < 4.78 is 54.6. The lowest BCUT2D eigenvalue weighted by atomic mass is 10.3. The lowest BCUT2D eigenvalue weighted by molar-refractivity contribution is -0.142. The predicted molar refractivity (Wildman–Crippen MR) is 95.7 cm³/mol. The predicted octanol–water partition coefficient (Wildman–Crippen LogP) is 2.12. The normalized spacial score (nSPS) is 11.0. The van der Waals surface area contributed by atoms with E-state index in [4.69, 9.17) is 14.2 Å². The van der Waals surface area contributed by atoms with Crippen LogP contribution in [0.25, 0.3) is 0 Å². The summed E-state index contributed by atoms with van der Waals surface area (Å²) in [4.78, 5) is 11.7. The van der Waals surface area contributed by atoms with Crippen LogP contribution in [-0.2, 0) is 19.6 Å². The van der Waals surface area contributed by atoms with Crippen molar-refractivity contribution in [3.8, 4) is 11.5 Å². The van der Waals surface area contributed by atoms with Gasteiger partial charge < -0.3 is 14.2 Å². The molecule has 0 aliphatic rings. The standard InChI is InChI=1S/C18H20FNO6S/c1-2-24-15-7-9-17(10-8-15)27(22,23)20-13-18(21)26-12-11-25-16-5-3-14(19)4-6-16/h3-10,20H,2,11-13H2,1H3. The fourth-order valence-corrected chi connectivity index (χ4v) is 2.98. The monoisotopic (exact) mass is 397 g/mol. The molecule has 146 valence electrons. The van der Waals surface area contributed by atoms with E-state index in [-0.39, 0.29) is 23.9 Å². The zero-order valence-corrected chi connectivity index (χ0v) is 15.5. The Bertz CT molecular complexity index is 837. The highest BCUT2D eigenvalue weighted by Gasteiger charge is 2.16. The largest absolute Gasteiger partial charge is 0.494 e. The molecule has 1 N–H and O–H groups in total. The minimum Gasteiger partial charge on any atom is -0.494 e. The molecule has 0 aliphatic carbocycles. The van der Waals surface area contributed by atoms with Crippen LogP contribution >= 0.6 is 0 Å². The summed E-state index contributed by atoms with van der Waals surface area (Å²) in [5.74, 6) is -0.138. The molecule has 0 heterocycles. The summed E-state index contributed by atoms with van der Waals surface area (Å²) in [6, 6.07) is 11.2. The number of halogens is 1. The number of sulfonamides is 1. The Morgan fingerprint density at radius 2 is 1.56 bits per heavy atom. The molecule has 0 aliphatic heterocycles. The molecule has 7 nitrogen and oxygen atoms in total. The maximum absolute atomic E-state index is 12.8. The SMILES string of the molecule is CCOc1ccc(S(=O)(=O)NCC(=O)OCCOc2ccc(F)cc2)cc1. The Kier molecular flexibility index (Phi) is 7.56. The van der Waals surface area contributed by atoms with Gasteiger partial charge in [-0.2, -0.15) is 4.72 Å². The molecular weight excluding hydrogens is 377 g/mol. The van der Waals surface area contributed by atoms with Gasteiger partial charge in [0.15, 0.2) is 0 Å². The molecule has 27 heavy (non-hydrogen) atoms. The molecule has 9 heteroatoms. The molecule has 2 aromatic carbocycles. The van der Waals surface area contributed by atoms with Gasteiger partial charge in [-0.3, -0.25) is 4.79 Å². The number of benzene rings is 2. The molecule has 0 unspecified atom stereocenters. The fourth-order valence-electron chi connectivity index (χ4n) is 2.02. The second-order valence-corrected chi connectivity index (χ2v) is 7.02. The first-order valence-electron chi connectivity index (χ1n) is 8.17. The van der Waals surface area contributed by atoms with Crippen molar-refractivity contribution < 1.29 is 31.8 Å². The zero-order valence-electron chi connectivity index (χ0n) is 14.7. The summed E-state index contributed by atoms with van der Waals surface area (Å²) in [5, 5.41) is 0. The molecule has 0 aromatic heterocycles. The Balaban J connectivity index is 1.72. The maximum Gasteiger partial charge on any atom is 0.321 e. The average molecular weight is 397 g/mol. The van der Waals surface area contributed by atoms with Gasteiger partial charge in [-0.05, 0) is 55.5 Å². The zero-order chi connectivity index (χ0) is 19.7. The minimum absolute atomic E-state index is 0.0124. The third kappa shape index (κ3) is 6.87. The first kappa shape index (κ1) is 20.7. The van der Waals surface area contributed by atoms with Crippen LogP contribution in [-0.4, -0.2) is 40.8 Å². The Morgan fingerprint density at radius 1 is 0.963 bits per heavy atom. The number of hydrogen-bond donors (Lipinski definition) is 1. The van der Waals surface area contributed by atoms with E-state index in [0.29, 0.717) is 18.1 Å². The Morgan fingerprint density at radius 3 is 2.19 bits per heavy atom. The van der Waals surface area contributed by atoms with Gasteiger partial charge in [0.25, 0.3) is 0 Å². The van der Waals surface area contributed by atoms with Crippen LogP contribution in [0.3, 0.4) is 0 Å². The van der Waals surface area contributed by atoms with Crippen molar-refractivity contribution in [3.05, 3.63) is 54.3 Å². The second kappa shape index (κ2) is 9.89. The summed E-state index contributed by atoms with van der Waals surface area (Å²) in [7, 11) is -3.84. The van der Waals surface area contributed by atoms with Gasteiger partial charge in [-0.15, -0.1) is 0 Å². The van der Waals surface area contributed by atoms with Gasteiger partial charge in [-0.25, -0.2) is 12.8 Å². The highest BCUT2D eigenvalue weighted by molar-refractivity contribution is 7.89. The van der Waals surface area contributed by atoms with E-state index in [9.17, 15) is 17.6 Å². The summed E-state index contributed by atoms with van der Waals surface area (Å²) >= 11 is 0. The van der Waals surface area contributed by atoms with Crippen molar-refractivity contribution in [1.82, 2.24) is 4.72 Å². The van der Waals surface area contributed by atoms with Crippen molar-refractivity contribution in [3.63, 3.8) is 0 Å². The van der Waals surface area contributed by atoms with Gasteiger partial charge in [-0.1, -0.05) is 0 Å². The van der Waals surface area contributed by atoms with E-state index >= 15 is 0 Å². The van der Waals surface area contributed by atoms with Gasteiger partial charge in [0.1, 0.15) is 37.1 Å². The van der Waals surface area contributed by atoms with Crippen molar-refractivity contribution in [1.29, 1.82) is 0 Å². The maximum atomic E-state index is 12.8. The Labute approximate surface area is 157 Å². The van der Waals surface area contributed by atoms with Crippen molar-refractivity contribution in [2.45, 2.75) is 11.8 Å². The number of carbonyl (C=O) groups is 1. The molecule has 0 spiro atoms. The summed E-state index contributed by atoms with van der Waals surface area (Å²) in [6.07, 6.45) is 0. The molecule has 0 radical (unpaired) electrons. The van der Waals surface area contributed by atoms with Crippen LogP contribution in [0.5, 0.6) is 11.5 Å². The van der Waals surface area contributed by atoms with E-state index in [1.165, 1.54) is 48.5 Å². The van der Waals surface area contributed by atoms with E-state index < -0.39 is 22.5 Å². The lowest BCUT2D eigenvalue weighted by Gasteiger charge is -2.09. The van der Waals surface area contributed by atoms with Crippen LogP contribution in [0, 0.1) is 5.82 Å². The van der Waals surface area contributed by atoms with Crippen LogP contribution < -0.4 is 14.2 Å². The Hall–Kier alpha value is -2.65. The van der Waals surface area contributed by atoms with Crippen LogP contribution in [0.15, 0.2) is 53.4 Å². The molecular formula is C18H20FNO6S. The first-order valence-corrected chi connectivity index (χ1v) is 9.65. The second-order valence-electron chi connectivity index (χ2n) is 5.25. The summed E-state index contributed by atoms with van der Waals surface area (Å²) in [6.45, 7) is 1.78. The van der Waals surface area contributed by atoms with Crippen LogP contribution in [0.2, 0.25) is 0 Å². The van der Waals surface area contributed by atoms with Crippen molar-refractivity contribution in [2.24, 2.45) is 0 Å². The average Bonchev–Trinajstić information content (AvgIpc) is 2.66. The number of ether oxygens (including phenoxy) is 3. The highest BCUT2D eigenvalue weighted by atomic mass is 32.2. The van der Waals surface area contributed by atoms with Gasteiger partial charge in [0.05, 0.1) is 11.5 Å². The number of carbonyl (C=O) groups excluding carboxylic acids is 1. The third-order valence-electron chi connectivity index (χ3n) is 3.28. The summed E-state index contributed by atoms with van der Waals surface area (Å²) in [5.41, 5.74) is 0.